The van der Waals surface area contributed by atoms with Gasteiger partial charge < -0.3 is 15.2 Å². The number of carbonyl (C=O) groups excluding carboxylic acids is 1. The minimum Gasteiger partial charge on any atom is -0.444 e. The highest BCUT2D eigenvalue weighted by Gasteiger charge is 2.12. The standard InChI is InChI=1S/C8H12O.C5H11NO2/c1-3-8-4-7(2)5-9-6-8;1-5(2,3)8-4(6)7/h4H,2-3,5-6H2,1H3;1-3H3,(H2,6,7). The van der Waals surface area contributed by atoms with Gasteiger partial charge in [-0.3, -0.25) is 0 Å². The monoisotopic (exact) mass is 241 g/mol. The SMILES string of the molecule is C=C1C=C(CC)COC1.CC(C)(C)OC(N)=O. The van der Waals surface area contributed by atoms with Crippen LogP contribution in [0.1, 0.15) is 34.1 Å². The molecule has 0 saturated heterocycles. The van der Waals surface area contributed by atoms with E-state index in [0.29, 0.717) is 6.61 Å². The Morgan fingerprint density at radius 2 is 2.12 bits per heavy atom. The lowest BCUT2D eigenvalue weighted by Crippen LogP contribution is -2.27. The molecule has 1 aliphatic heterocycles. The lowest BCUT2D eigenvalue weighted by molar-refractivity contribution is 0.0600. The van der Waals surface area contributed by atoms with Crippen LogP contribution < -0.4 is 5.73 Å². The molecule has 0 aromatic carbocycles. The van der Waals surface area contributed by atoms with Crippen molar-refractivity contribution in [1.82, 2.24) is 0 Å². The third-order valence-electron chi connectivity index (χ3n) is 1.84. The van der Waals surface area contributed by atoms with Crippen molar-refractivity contribution >= 4 is 6.09 Å². The molecule has 0 fully saturated rings. The summed E-state index contributed by atoms with van der Waals surface area (Å²) in [5.74, 6) is 0. The van der Waals surface area contributed by atoms with Crippen molar-refractivity contribution in [2.24, 2.45) is 5.73 Å². The molecule has 0 spiro atoms. The molecule has 2 N–H and O–H groups in total. The predicted molar refractivity (Wildman–Crippen MR) is 68.8 cm³/mol. The summed E-state index contributed by atoms with van der Waals surface area (Å²) >= 11 is 0. The van der Waals surface area contributed by atoms with Gasteiger partial charge >= 0.3 is 6.09 Å². The molecule has 1 aliphatic rings. The van der Waals surface area contributed by atoms with Gasteiger partial charge in [-0.25, -0.2) is 4.79 Å². The maximum absolute atomic E-state index is 10.0. The van der Waals surface area contributed by atoms with Crippen LogP contribution in [-0.2, 0) is 9.47 Å². The van der Waals surface area contributed by atoms with Crippen LogP contribution in [0.15, 0.2) is 23.8 Å². The van der Waals surface area contributed by atoms with E-state index >= 15 is 0 Å². The van der Waals surface area contributed by atoms with Gasteiger partial charge in [0.1, 0.15) is 5.60 Å². The Kier molecular flexibility index (Phi) is 6.58. The van der Waals surface area contributed by atoms with E-state index in [-0.39, 0.29) is 0 Å². The number of carbonyl (C=O) groups is 1. The maximum Gasteiger partial charge on any atom is 0.405 e. The van der Waals surface area contributed by atoms with Crippen LogP contribution in [-0.4, -0.2) is 24.9 Å². The first-order valence-corrected chi connectivity index (χ1v) is 5.68. The van der Waals surface area contributed by atoms with E-state index in [1.165, 1.54) is 5.57 Å². The summed E-state index contributed by atoms with van der Waals surface area (Å²) in [6, 6.07) is 0. The average Bonchev–Trinajstić information content (AvgIpc) is 2.14. The summed E-state index contributed by atoms with van der Waals surface area (Å²) in [5, 5.41) is 0. The first-order chi connectivity index (χ1) is 7.74. The molecule has 0 radical (unpaired) electrons. The number of ether oxygens (including phenoxy) is 2. The van der Waals surface area contributed by atoms with Gasteiger partial charge in [0.2, 0.25) is 0 Å². The molecular weight excluding hydrogens is 218 g/mol. The molecule has 0 aliphatic carbocycles. The zero-order valence-corrected chi connectivity index (χ0v) is 11.2. The topological polar surface area (TPSA) is 61.6 Å². The van der Waals surface area contributed by atoms with Gasteiger partial charge in [-0.15, -0.1) is 0 Å². The van der Waals surface area contributed by atoms with Gasteiger partial charge in [-0.1, -0.05) is 19.6 Å². The molecule has 0 bridgehead atoms. The van der Waals surface area contributed by atoms with Crippen molar-refractivity contribution in [3.05, 3.63) is 23.8 Å². The van der Waals surface area contributed by atoms with Crippen molar-refractivity contribution in [2.75, 3.05) is 13.2 Å². The summed E-state index contributed by atoms with van der Waals surface area (Å²) in [6.07, 6.45) is 2.49. The fraction of sp³-hybridized carbons (Fsp3) is 0.615. The molecule has 17 heavy (non-hydrogen) atoms. The molecule has 0 saturated carbocycles. The van der Waals surface area contributed by atoms with Crippen LogP contribution in [0.3, 0.4) is 0 Å². The van der Waals surface area contributed by atoms with Crippen LogP contribution in [0, 0.1) is 0 Å². The zero-order chi connectivity index (χ0) is 13.5. The first kappa shape index (κ1) is 15.7. The second-order valence-corrected chi connectivity index (χ2v) is 4.84. The number of nitrogens with two attached hydrogens (primary N) is 1. The summed E-state index contributed by atoms with van der Waals surface area (Å²) < 4.78 is 9.79. The van der Waals surface area contributed by atoms with Gasteiger partial charge in [-0.05, 0) is 38.3 Å². The number of rotatable bonds is 1. The van der Waals surface area contributed by atoms with Gasteiger partial charge in [0.25, 0.3) is 0 Å². The number of amides is 1. The third-order valence-corrected chi connectivity index (χ3v) is 1.84. The highest BCUT2D eigenvalue weighted by atomic mass is 16.6. The number of hydrogen-bond donors (Lipinski definition) is 1. The fourth-order valence-electron chi connectivity index (χ4n) is 1.19. The Hall–Kier alpha value is -1.29. The van der Waals surface area contributed by atoms with Gasteiger partial charge in [0.15, 0.2) is 0 Å². The third kappa shape index (κ3) is 9.63. The summed E-state index contributed by atoms with van der Waals surface area (Å²) in [4.78, 5) is 10.0. The largest absolute Gasteiger partial charge is 0.444 e. The van der Waals surface area contributed by atoms with Crippen molar-refractivity contribution in [2.45, 2.75) is 39.7 Å². The Balaban J connectivity index is 0.000000304. The normalized spacial score (nSPS) is 15.5. The average molecular weight is 241 g/mol. The second-order valence-electron chi connectivity index (χ2n) is 4.84. The molecule has 0 aromatic heterocycles. The highest BCUT2D eigenvalue weighted by Crippen LogP contribution is 2.11. The van der Waals surface area contributed by atoms with E-state index in [0.717, 1.165) is 18.6 Å². The van der Waals surface area contributed by atoms with Crippen molar-refractivity contribution < 1.29 is 14.3 Å². The molecule has 1 heterocycles. The predicted octanol–water partition coefficient (Wildman–Crippen LogP) is 2.79. The molecule has 1 amide bonds. The summed E-state index contributed by atoms with van der Waals surface area (Å²) in [5.41, 5.74) is 6.71. The minimum atomic E-state index is -0.725. The first-order valence-electron chi connectivity index (χ1n) is 5.68. The van der Waals surface area contributed by atoms with Crippen LogP contribution >= 0.6 is 0 Å². The fourth-order valence-corrected chi connectivity index (χ4v) is 1.19. The highest BCUT2D eigenvalue weighted by molar-refractivity contribution is 5.65. The quantitative estimate of drug-likeness (QED) is 0.767. The molecule has 0 aromatic rings. The molecule has 1 rings (SSSR count). The zero-order valence-electron chi connectivity index (χ0n) is 11.2. The van der Waals surface area contributed by atoms with E-state index < -0.39 is 11.7 Å². The van der Waals surface area contributed by atoms with Gasteiger partial charge in [-0.2, -0.15) is 0 Å². The summed E-state index contributed by atoms with van der Waals surface area (Å²) in [7, 11) is 0. The number of hydrogen-bond acceptors (Lipinski definition) is 3. The van der Waals surface area contributed by atoms with E-state index in [2.05, 4.69) is 24.3 Å². The lowest BCUT2D eigenvalue weighted by atomic mass is 10.1. The van der Waals surface area contributed by atoms with E-state index in [1.54, 1.807) is 20.8 Å². The van der Waals surface area contributed by atoms with Crippen LogP contribution in [0.4, 0.5) is 4.79 Å². The smallest absolute Gasteiger partial charge is 0.405 e. The maximum atomic E-state index is 10.0. The lowest BCUT2D eigenvalue weighted by Gasteiger charge is -2.16. The van der Waals surface area contributed by atoms with Crippen LogP contribution in [0.5, 0.6) is 0 Å². The molecule has 4 heteroatoms. The summed E-state index contributed by atoms with van der Waals surface area (Å²) in [6.45, 7) is 12.7. The minimum absolute atomic E-state index is 0.453. The van der Waals surface area contributed by atoms with Crippen LogP contribution in [0.2, 0.25) is 0 Å². The van der Waals surface area contributed by atoms with Crippen molar-refractivity contribution in [3.63, 3.8) is 0 Å². The Bertz CT molecular complexity index is 300. The van der Waals surface area contributed by atoms with Gasteiger partial charge in [0.05, 0.1) is 13.2 Å². The molecular formula is C13H23NO3. The molecule has 4 nitrogen and oxygen atoms in total. The van der Waals surface area contributed by atoms with Crippen molar-refractivity contribution in [1.29, 1.82) is 0 Å². The molecule has 98 valence electrons. The second kappa shape index (κ2) is 7.12. The molecule has 0 unspecified atom stereocenters. The Morgan fingerprint density at radius 1 is 1.53 bits per heavy atom. The van der Waals surface area contributed by atoms with Crippen molar-refractivity contribution in [3.8, 4) is 0 Å². The number of primary amides is 1. The molecule has 0 atom stereocenters. The van der Waals surface area contributed by atoms with Crippen LogP contribution in [0.25, 0.3) is 0 Å². The van der Waals surface area contributed by atoms with Gasteiger partial charge in [0, 0.05) is 0 Å². The Labute approximate surface area is 103 Å². The van der Waals surface area contributed by atoms with E-state index in [4.69, 9.17) is 10.5 Å². The van der Waals surface area contributed by atoms with E-state index in [9.17, 15) is 4.79 Å². The Morgan fingerprint density at radius 3 is 2.35 bits per heavy atom. The van der Waals surface area contributed by atoms with E-state index in [1.807, 2.05) is 0 Å².